The second-order valence-electron chi connectivity index (χ2n) is 4.17. The van der Waals surface area contributed by atoms with Gasteiger partial charge in [0.1, 0.15) is 17.3 Å². The standard InChI is InChI=1S/C13H7BrCl2FN3/c14-8-3-6(1-2-10(8)17)11-12(18)20-5-7(15)4-9(16)13(20)19-11/h1-5H,18H2. The molecule has 1 aromatic carbocycles. The van der Waals surface area contributed by atoms with Gasteiger partial charge in [0.2, 0.25) is 0 Å². The van der Waals surface area contributed by atoms with Crippen LogP contribution < -0.4 is 5.73 Å². The molecule has 102 valence electrons. The number of aromatic nitrogens is 2. The minimum absolute atomic E-state index is 0.343. The molecule has 0 spiro atoms. The highest BCUT2D eigenvalue weighted by molar-refractivity contribution is 9.10. The molecule has 0 fully saturated rings. The minimum atomic E-state index is -0.350. The molecule has 0 amide bonds. The number of benzene rings is 1. The lowest BCUT2D eigenvalue weighted by Crippen LogP contribution is -1.94. The Morgan fingerprint density at radius 2 is 2.00 bits per heavy atom. The van der Waals surface area contributed by atoms with Gasteiger partial charge in [-0.1, -0.05) is 23.2 Å². The molecule has 0 aliphatic rings. The van der Waals surface area contributed by atoms with Crippen LogP contribution in [0.2, 0.25) is 10.0 Å². The van der Waals surface area contributed by atoms with E-state index in [1.54, 1.807) is 28.8 Å². The largest absolute Gasteiger partial charge is 0.383 e. The van der Waals surface area contributed by atoms with Crippen molar-refractivity contribution in [3.8, 4) is 11.3 Å². The highest BCUT2D eigenvalue weighted by Gasteiger charge is 2.15. The van der Waals surface area contributed by atoms with Gasteiger partial charge in [-0.05, 0) is 40.2 Å². The number of halogens is 4. The highest BCUT2D eigenvalue weighted by Crippen LogP contribution is 2.32. The predicted octanol–water partition coefficient (Wildman–Crippen LogP) is 4.79. The third-order valence-corrected chi connectivity index (χ3v) is 3.96. The number of nitrogens with zero attached hydrogens (tertiary/aromatic N) is 2. The van der Waals surface area contributed by atoms with E-state index >= 15 is 0 Å². The third kappa shape index (κ3) is 2.16. The smallest absolute Gasteiger partial charge is 0.158 e. The Morgan fingerprint density at radius 3 is 2.70 bits per heavy atom. The average molecular weight is 375 g/mol. The van der Waals surface area contributed by atoms with Gasteiger partial charge in [-0.3, -0.25) is 4.40 Å². The zero-order valence-corrected chi connectivity index (χ0v) is 13.0. The maximum Gasteiger partial charge on any atom is 0.158 e. The van der Waals surface area contributed by atoms with Crippen LogP contribution in [0.3, 0.4) is 0 Å². The summed E-state index contributed by atoms with van der Waals surface area (Å²) < 4.78 is 15.2. The summed E-state index contributed by atoms with van der Waals surface area (Å²) in [5.41, 5.74) is 7.78. The molecule has 3 aromatic rings. The molecule has 0 aliphatic carbocycles. The first-order chi connectivity index (χ1) is 9.47. The lowest BCUT2D eigenvalue weighted by atomic mass is 10.1. The summed E-state index contributed by atoms with van der Waals surface area (Å²) >= 11 is 15.2. The minimum Gasteiger partial charge on any atom is -0.383 e. The topological polar surface area (TPSA) is 43.3 Å². The number of anilines is 1. The van der Waals surface area contributed by atoms with Gasteiger partial charge in [-0.2, -0.15) is 0 Å². The molecule has 2 heterocycles. The van der Waals surface area contributed by atoms with Gasteiger partial charge in [-0.15, -0.1) is 0 Å². The van der Waals surface area contributed by atoms with Crippen molar-refractivity contribution in [2.24, 2.45) is 0 Å². The normalized spacial score (nSPS) is 11.2. The summed E-state index contributed by atoms with van der Waals surface area (Å²) in [7, 11) is 0. The molecule has 7 heteroatoms. The molecule has 0 atom stereocenters. The Bertz CT molecular complexity index is 832. The monoisotopic (exact) mass is 373 g/mol. The Kier molecular flexibility index (Phi) is 3.36. The first-order valence-electron chi connectivity index (χ1n) is 5.55. The van der Waals surface area contributed by atoms with Crippen molar-refractivity contribution in [3.05, 3.63) is 50.8 Å². The first-order valence-corrected chi connectivity index (χ1v) is 7.10. The molecule has 0 radical (unpaired) electrons. The molecule has 0 saturated heterocycles. The number of imidazole rings is 1. The zero-order chi connectivity index (χ0) is 14.4. The molecular weight excluding hydrogens is 368 g/mol. The molecule has 2 aromatic heterocycles. The lowest BCUT2D eigenvalue weighted by Gasteiger charge is -2.01. The number of hydrogen-bond acceptors (Lipinski definition) is 2. The van der Waals surface area contributed by atoms with E-state index in [0.29, 0.717) is 37.2 Å². The second kappa shape index (κ2) is 4.91. The van der Waals surface area contributed by atoms with Crippen molar-refractivity contribution in [1.29, 1.82) is 0 Å². The molecule has 2 N–H and O–H groups in total. The van der Waals surface area contributed by atoms with Crippen LogP contribution in [-0.2, 0) is 0 Å². The molecule has 0 aliphatic heterocycles. The fourth-order valence-corrected chi connectivity index (χ4v) is 2.84. The van der Waals surface area contributed by atoms with Crippen LogP contribution >= 0.6 is 39.1 Å². The van der Waals surface area contributed by atoms with Crippen molar-refractivity contribution in [2.45, 2.75) is 0 Å². The lowest BCUT2D eigenvalue weighted by molar-refractivity contribution is 0.621. The zero-order valence-electron chi connectivity index (χ0n) is 9.87. The first kappa shape index (κ1) is 13.7. The van der Waals surface area contributed by atoms with E-state index in [1.165, 1.54) is 6.07 Å². The molecule has 3 nitrogen and oxygen atoms in total. The summed E-state index contributed by atoms with van der Waals surface area (Å²) in [6, 6.07) is 6.16. The Labute approximate surface area is 132 Å². The fraction of sp³-hybridized carbons (Fsp3) is 0. The fourth-order valence-electron chi connectivity index (χ4n) is 1.95. The number of rotatable bonds is 1. The van der Waals surface area contributed by atoms with Crippen molar-refractivity contribution >= 4 is 50.6 Å². The van der Waals surface area contributed by atoms with Crippen LogP contribution in [0, 0.1) is 5.82 Å². The SMILES string of the molecule is Nc1c(-c2ccc(F)c(Br)c2)nc2c(Cl)cc(Cl)cn12. The number of nitrogens with two attached hydrogens (primary N) is 1. The summed E-state index contributed by atoms with van der Waals surface area (Å²) in [4.78, 5) is 4.40. The molecule has 20 heavy (non-hydrogen) atoms. The van der Waals surface area contributed by atoms with Crippen molar-refractivity contribution in [1.82, 2.24) is 9.38 Å². The molecular formula is C13H7BrCl2FN3. The number of fused-ring (bicyclic) bond motifs is 1. The van der Waals surface area contributed by atoms with Crippen LogP contribution in [0.15, 0.2) is 34.9 Å². The van der Waals surface area contributed by atoms with E-state index in [1.807, 2.05) is 0 Å². The maximum atomic E-state index is 13.3. The quantitative estimate of drug-likeness (QED) is 0.665. The summed E-state index contributed by atoms with van der Waals surface area (Å²) in [5.74, 6) is 0.0417. The predicted molar refractivity (Wildman–Crippen MR) is 82.7 cm³/mol. The van der Waals surface area contributed by atoms with Gasteiger partial charge in [0.15, 0.2) is 5.65 Å². The van der Waals surface area contributed by atoms with E-state index in [0.717, 1.165) is 0 Å². The van der Waals surface area contributed by atoms with E-state index in [-0.39, 0.29) is 5.82 Å². The van der Waals surface area contributed by atoms with E-state index in [4.69, 9.17) is 28.9 Å². The Balaban J connectivity index is 2.29. The summed E-state index contributed by atoms with van der Waals surface area (Å²) in [6.07, 6.45) is 1.63. The van der Waals surface area contributed by atoms with Crippen LogP contribution in [0.25, 0.3) is 16.9 Å². The van der Waals surface area contributed by atoms with Crippen LogP contribution in [0.4, 0.5) is 10.2 Å². The van der Waals surface area contributed by atoms with Gasteiger partial charge in [-0.25, -0.2) is 9.37 Å². The number of hydrogen-bond donors (Lipinski definition) is 1. The number of nitrogen functional groups attached to an aromatic ring is 1. The molecule has 0 unspecified atom stereocenters. The van der Waals surface area contributed by atoms with Gasteiger partial charge in [0.05, 0.1) is 14.5 Å². The maximum absolute atomic E-state index is 13.3. The highest BCUT2D eigenvalue weighted by atomic mass is 79.9. The van der Waals surface area contributed by atoms with Crippen molar-refractivity contribution in [3.63, 3.8) is 0 Å². The van der Waals surface area contributed by atoms with Crippen molar-refractivity contribution < 1.29 is 4.39 Å². The molecule has 3 rings (SSSR count). The average Bonchev–Trinajstić information content (AvgIpc) is 2.71. The second-order valence-corrected chi connectivity index (χ2v) is 5.87. The van der Waals surface area contributed by atoms with E-state index < -0.39 is 0 Å². The van der Waals surface area contributed by atoms with E-state index in [2.05, 4.69) is 20.9 Å². The van der Waals surface area contributed by atoms with Crippen molar-refractivity contribution in [2.75, 3.05) is 5.73 Å². The molecule has 0 saturated carbocycles. The van der Waals surface area contributed by atoms with Crippen LogP contribution in [-0.4, -0.2) is 9.38 Å². The molecule has 0 bridgehead atoms. The van der Waals surface area contributed by atoms with Gasteiger partial charge in [0, 0.05) is 11.8 Å². The van der Waals surface area contributed by atoms with Gasteiger partial charge >= 0.3 is 0 Å². The van der Waals surface area contributed by atoms with Gasteiger partial charge in [0.25, 0.3) is 0 Å². The third-order valence-electron chi connectivity index (χ3n) is 2.87. The van der Waals surface area contributed by atoms with Crippen LogP contribution in [0.1, 0.15) is 0 Å². The Hall–Kier alpha value is -1.30. The van der Waals surface area contributed by atoms with Crippen LogP contribution in [0.5, 0.6) is 0 Å². The van der Waals surface area contributed by atoms with Gasteiger partial charge < -0.3 is 5.73 Å². The Morgan fingerprint density at radius 1 is 1.25 bits per heavy atom. The summed E-state index contributed by atoms with van der Waals surface area (Å²) in [5, 5.41) is 0.857. The van der Waals surface area contributed by atoms with E-state index in [9.17, 15) is 4.39 Å². The summed E-state index contributed by atoms with van der Waals surface area (Å²) in [6.45, 7) is 0. The number of pyridine rings is 1.